The van der Waals surface area contributed by atoms with E-state index in [2.05, 4.69) is 15.0 Å². The summed E-state index contributed by atoms with van der Waals surface area (Å²) in [6.45, 7) is 1.15. The number of nitrogens with zero attached hydrogens (tertiary/aromatic N) is 5. The fourth-order valence-corrected chi connectivity index (χ4v) is 2.50. The Kier molecular flexibility index (Phi) is 5.27. The van der Waals surface area contributed by atoms with Gasteiger partial charge in [0.15, 0.2) is 12.4 Å². The van der Waals surface area contributed by atoms with E-state index in [0.717, 1.165) is 12.2 Å². The van der Waals surface area contributed by atoms with Crippen molar-refractivity contribution in [3.8, 4) is 11.6 Å². The Balaban J connectivity index is 1.49. The first-order chi connectivity index (χ1) is 12.1. The number of likely N-dealkylation sites (tertiary alicyclic amines) is 1. The van der Waals surface area contributed by atoms with Gasteiger partial charge in [-0.25, -0.2) is 0 Å². The van der Waals surface area contributed by atoms with Crippen LogP contribution in [0.25, 0.3) is 0 Å². The first-order valence-electron chi connectivity index (χ1n) is 8.08. The van der Waals surface area contributed by atoms with Crippen molar-refractivity contribution in [3.63, 3.8) is 0 Å². The lowest BCUT2D eigenvalue weighted by molar-refractivity contribution is -0.132. The van der Waals surface area contributed by atoms with Gasteiger partial charge in [0.25, 0.3) is 5.91 Å². The standard InChI is InChI=1S/C17H21N5O3/c1-21(2)15-9-19-10-16(20-15)25-14-5-7-22(11-14)17(23)12-24-13-4-3-6-18-8-13/h3-4,6,8-10,14H,5,7,11-12H2,1-2H3. The number of ether oxygens (including phenoxy) is 2. The lowest BCUT2D eigenvalue weighted by Gasteiger charge is -2.18. The summed E-state index contributed by atoms with van der Waals surface area (Å²) >= 11 is 0. The number of pyridine rings is 1. The van der Waals surface area contributed by atoms with Gasteiger partial charge in [0, 0.05) is 33.3 Å². The highest BCUT2D eigenvalue weighted by molar-refractivity contribution is 5.78. The molecule has 8 heteroatoms. The highest BCUT2D eigenvalue weighted by Gasteiger charge is 2.28. The molecule has 2 aromatic heterocycles. The summed E-state index contributed by atoms with van der Waals surface area (Å²) in [7, 11) is 3.79. The number of amides is 1. The molecule has 2 aromatic rings. The zero-order valence-electron chi connectivity index (χ0n) is 14.3. The van der Waals surface area contributed by atoms with Crippen LogP contribution in [0.4, 0.5) is 5.82 Å². The summed E-state index contributed by atoms with van der Waals surface area (Å²) in [4.78, 5) is 28.3. The highest BCUT2D eigenvalue weighted by atomic mass is 16.5. The minimum atomic E-state index is -0.0888. The van der Waals surface area contributed by atoms with Gasteiger partial charge >= 0.3 is 0 Å². The third-order valence-electron chi connectivity index (χ3n) is 3.84. The highest BCUT2D eigenvalue weighted by Crippen LogP contribution is 2.18. The van der Waals surface area contributed by atoms with Crippen LogP contribution in [-0.4, -0.2) is 65.7 Å². The van der Waals surface area contributed by atoms with Gasteiger partial charge in [-0.1, -0.05) is 0 Å². The molecule has 25 heavy (non-hydrogen) atoms. The van der Waals surface area contributed by atoms with Crippen LogP contribution in [0.1, 0.15) is 6.42 Å². The molecule has 0 saturated carbocycles. The second-order valence-corrected chi connectivity index (χ2v) is 5.96. The van der Waals surface area contributed by atoms with E-state index in [4.69, 9.17) is 9.47 Å². The predicted molar refractivity (Wildman–Crippen MR) is 91.7 cm³/mol. The van der Waals surface area contributed by atoms with Gasteiger partial charge in [-0.2, -0.15) is 4.98 Å². The molecule has 0 bridgehead atoms. The van der Waals surface area contributed by atoms with Crippen LogP contribution in [0.3, 0.4) is 0 Å². The van der Waals surface area contributed by atoms with E-state index in [-0.39, 0.29) is 18.6 Å². The smallest absolute Gasteiger partial charge is 0.260 e. The lowest BCUT2D eigenvalue weighted by atomic mass is 10.3. The Bertz CT molecular complexity index is 710. The normalized spacial score (nSPS) is 16.6. The van der Waals surface area contributed by atoms with E-state index in [1.807, 2.05) is 19.0 Å². The average molecular weight is 343 g/mol. The van der Waals surface area contributed by atoms with Gasteiger partial charge in [0.1, 0.15) is 11.9 Å². The summed E-state index contributed by atoms with van der Waals surface area (Å²) in [5, 5.41) is 0. The van der Waals surface area contributed by atoms with Gasteiger partial charge in [0.2, 0.25) is 5.88 Å². The minimum Gasteiger partial charge on any atom is -0.482 e. The van der Waals surface area contributed by atoms with Gasteiger partial charge < -0.3 is 19.3 Å². The number of rotatable bonds is 6. The molecule has 1 fully saturated rings. The van der Waals surface area contributed by atoms with Crippen LogP contribution in [0.5, 0.6) is 11.6 Å². The number of hydrogen-bond acceptors (Lipinski definition) is 7. The zero-order chi connectivity index (χ0) is 17.6. The van der Waals surface area contributed by atoms with Crippen LogP contribution in [0, 0.1) is 0 Å². The molecule has 0 radical (unpaired) electrons. The maximum Gasteiger partial charge on any atom is 0.260 e. The first kappa shape index (κ1) is 16.9. The Morgan fingerprint density at radius 1 is 1.32 bits per heavy atom. The van der Waals surface area contributed by atoms with Crippen molar-refractivity contribution in [2.24, 2.45) is 0 Å². The Labute approximate surface area is 146 Å². The Morgan fingerprint density at radius 2 is 2.20 bits per heavy atom. The van der Waals surface area contributed by atoms with Gasteiger partial charge in [-0.15, -0.1) is 0 Å². The van der Waals surface area contributed by atoms with Crippen LogP contribution in [-0.2, 0) is 4.79 Å². The third kappa shape index (κ3) is 4.56. The molecule has 3 rings (SSSR count). The molecule has 8 nitrogen and oxygen atoms in total. The molecule has 0 aromatic carbocycles. The number of aromatic nitrogens is 3. The molecule has 0 N–H and O–H groups in total. The molecule has 1 aliphatic rings. The summed E-state index contributed by atoms with van der Waals surface area (Å²) < 4.78 is 11.3. The van der Waals surface area contributed by atoms with Gasteiger partial charge in [-0.05, 0) is 12.1 Å². The number of carbonyl (C=O) groups excluding carboxylic acids is 1. The summed E-state index contributed by atoms with van der Waals surface area (Å²) in [5.74, 6) is 1.71. The van der Waals surface area contributed by atoms with E-state index in [0.29, 0.717) is 24.7 Å². The van der Waals surface area contributed by atoms with Crippen molar-refractivity contribution in [2.45, 2.75) is 12.5 Å². The van der Waals surface area contributed by atoms with Crippen molar-refractivity contribution in [2.75, 3.05) is 38.7 Å². The predicted octanol–water partition coefficient (Wildman–Crippen LogP) is 0.996. The monoisotopic (exact) mass is 343 g/mol. The van der Waals surface area contributed by atoms with Crippen LogP contribution < -0.4 is 14.4 Å². The average Bonchev–Trinajstić information content (AvgIpc) is 3.09. The summed E-state index contributed by atoms with van der Waals surface area (Å²) in [6.07, 6.45) is 7.17. The quantitative estimate of drug-likeness (QED) is 0.774. The van der Waals surface area contributed by atoms with Crippen molar-refractivity contribution in [1.82, 2.24) is 19.9 Å². The van der Waals surface area contributed by atoms with E-state index < -0.39 is 0 Å². The minimum absolute atomic E-state index is 0.00562. The second kappa shape index (κ2) is 7.78. The van der Waals surface area contributed by atoms with Crippen LogP contribution in [0.2, 0.25) is 0 Å². The summed E-state index contributed by atoms with van der Waals surface area (Å²) in [5.41, 5.74) is 0. The fraction of sp³-hybridized carbons (Fsp3) is 0.412. The molecule has 1 unspecified atom stereocenters. The molecule has 132 valence electrons. The maximum absolute atomic E-state index is 12.3. The van der Waals surface area contributed by atoms with Crippen molar-refractivity contribution < 1.29 is 14.3 Å². The van der Waals surface area contributed by atoms with Crippen molar-refractivity contribution >= 4 is 11.7 Å². The Hall–Kier alpha value is -2.90. The largest absolute Gasteiger partial charge is 0.482 e. The van der Waals surface area contributed by atoms with E-state index in [9.17, 15) is 4.79 Å². The van der Waals surface area contributed by atoms with Gasteiger partial charge in [-0.3, -0.25) is 14.8 Å². The molecule has 0 aliphatic carbocycles. The second-order valence-electron chi connectivity index (χ2n) is 5.96. The number of anilines is 1. The number of carbonyl (C=O) groups is 1. The van der Waals surface area contributed by atoms with E-state index in [1.165, 1.54) is 0 Å². The SMILES string of the molecule is CN(C)c1cncc(OC2CCN(C(=O)COc3cccnc3)C2)n1. The maximum atomic E-state index is 12.3. The lowest BCUT2D eigenvalue weighted by Crippen LogP contribution is -2.34. The van der Waals surface area contributed by atoms with E-state index in [1.54, 1.807) is 41.8 Å². The number of hydrogen-bond donors (Lipinski definition) is 0. The van der Waals surface area contributed by atoms with Gasteiger partial charge in [0.05, 0.1) is 25.1 Å². The molecule has 0 spiro atoms. The zero-order valence-corrected chi connectivity index (χ0v) is 14.3. The summed E-state index contributed by atoms with van der Waals surface area (Å²) in [6, 6.07) is 3.54. The Morgan fingerprint density at radius 3 is 2.96 bits per heavy atom. The fourth-order valence-electron chi connectivity index (χ4n) is 2.50. The molecule has 1 amide bonds. The third-order valence-corrected chi connectivity index (χ3v) is 3.84. The van der Waals surface area contributed by atoms with Crippen molar-refractivity contribution in [1.29, 1.82) is 0 Å². The van der Waals surface area contributed by atoms with Crippen LogP contribution in [0.15, 0.2) is 36.9 Å². The molecular weight excluding hydrogens is 322 g/mol. The first-order valence-corrected chi connectivity index (χ1v) is 8.08. The molecular formula is C17H21N5O3. The topological polar surface area (TPSA) is 80.7 Å². The van der Waals surface area contributed by atoms with Crippen LogP contribution >= 0.6 is 0 Å². The molecule has 1 aliphatic heterocycles. The molecule has 3 heterocycles. The van der Waals surface area contributed by atoms with Crippen molar-refractivity contribution in [3.05, 3.63) is 36.9 Å². The molecule has 1 atom stereocenters. The van der Waals surface area contributed by atoms with E-state index >= 15 is 0 Å². The molecule has 1 saturated heterocycles.